The molecule has 0 saturated carbocycles. The van der Waals surface area contributed by atoms with E-state index >= 15 is 0 Å². The van der Waals surface area contributed by atoms with Gasteiger partial charge in [0.25, 0.3) is 5.69 Å². The molecular weight excluding hydrogens is 437 g/mol. The second kappa shape index (κ2) is 10.1. The summed E-state index contributed by atoms with van der Waals surface area (Å²) >= 11 is 0. The number of nitro groups is 1. The van der Waals surface area contributed by atoms with Crippen LogP contribution in [0.3, 0.4) is 0 Å². The molecule has 0 aliphatic rings. The average Bonchev–Trinajstić information content (AvgIpc) is 2.77. The van der Waals surface area contributed by atoms with Gasteiger partial charge in [-0.25, -0.2) is 17.5 Å². The molecule has 0 aliphatic carbocycles. The highest BCUT2D eigenvalue weighted by Gasteiger charge is 2.17. The van der Waals surface area contributed by atoms with Gasteiger partial charge in [-0.1, -0.05) is 42.5 Å². The van der Waals surface area contributed by atoms with Crippen LogP contribution in [-0.4, -0.2) is 19.2 Å². The Morgan fingerprint density at radius 1 is 0.938 bits per heavy atom. The quantitative estimate of drug-likeness (QED) is 0.378. The maximum Gasteiger partial charge on any atom is 0.273 e. The van der Waals surface area contributed by atoms with Crippen molar-refractivity contribution >= 4 is 21.6 Å². The number of rotatable bonds is 9. The number of halogens is 1. The molecule has 0 aliphatic heterocycles. The zero-order valence-electron chi connectivity index (χ0n) is 16.8. The van der Waals surface area contributed by atoms with Gasteiger partial charge in [0.2, 0.25) is 15.9 Å². The zero-order valence-corrected chi connectivity index (χ0v) is 17.6. The summed E-state index contributed by atoms with van der Waals surface area (Å²) in [6.45, 7) is -0.0242. The second-order valence-electron chi connectivity index (χ2n) is 6.94. The Labute approximate surface area is 184 Å². The average molecular weight is 457 g/mol. The molecule has 1 amide bonds. The van der Waals surface area contributed by atoms with E-state index in [1.165, 1.54) is 48.5 Å². The smallest absolute Gasteiger partial charge is 0.273 e. The molecule has 32 heavy (non-hydrogen) atoms. The van der Waals surface area contributed by atoms with Gasteiger partial charge in [-0.05, 0) is 35.4 Å². The fraction of sp³-hybridized carbons (Fsp3) is 0.136. The normalized spacial score (nSPS) is 11.2. The fourth-order valence-electron chi connectivity index (χ4n) is 3.01. The van der Waals surface area contributed by atoms with E-state index in [4.69, 9.17) is 0 Å². The van der Waals surface area contributed by atoms with E-state index in [-0.39, 0.29) is 35.7 Å². The summed E-state index contributed by atoms with van der Waals surface area (Å²) in [5.74, 6) is -0.892. The summed E-state index contributed by atoms with van der Waals surface area (Å²) in [6.07, 6.45) is -0.176. The lowest BCUT2D eigenvalue weighted by molar-refractivity contribution is -0.385. The first kappa shape index (κ1) is 23.0. The fourth-order valence-corrected chi connectivity index (χ4v) is 4.09. The highest BCUT2D eigenvalue weighted by atomic mass is 32.2. The predicted molar refractivity (Wildman–Crippen MR) is 116 cm³/mol. The Bertz CT molecular complexity index is 1250. The molecule has 10 heteroatoms. The van der Waals surface area contributed by atoms with E-state index in [9.17, 15) is 27.7 Å². The van der Waals surface area contributed by atoms with Gasteiger partial charge in [0, 0.05) is 24.7 Å². The maximum absolute atomic E-state index is 13.3. The number of nitrogens with zero attached hydrogens (tertiary/aromatic N) is 1. The SMILES string of the molecule is O=C(Cc1ccccc1[N+](=O)[O-])NCc1cccc(S(=O)(=O)NCc2cccc(F)c2)c1. The third kappa shape index (κ3) is 6.19. The Kier molecular flexibility index (Phi) is 7.29. The van der Waals surface area contributed by atoms with Crippen molar-refractivity contribution in [2.75, 3.05) is 0 Å². The first-order valence-electron chi connectivity index (χ1n) is 9.56. The van der Waals surface area contributed by atoms with Gasteiger partial charge in [0.15, 0.2) is 0 Å². The molecule has 0 radical (unpaired) electrons. The summed E-state index contributed by atoms with van der Waals surface area (Å²) in [6, 6.07) is 17.6. The Balaban J connectivity index is 1.62. The van der Waals surface area contributed by atoms with Crippen molar-refractivity contribution in [1.82, 2.24) is 10.0 Å². The van der Waals surface area contributed by atoms with E-state index in [1.54, 1.807) is 24.3 Å². The predicted octanol–water partition coefficient (Wildman–Crippen LogP) is 3.07. The highest BCUT2D eigenvalue weighted by Crippen LogP contribution is 2.18. The molecule has 0 heterocycles. The molecule has 0 bridgehead atoms. The molecule has 0 unspecified atom stereocenters. The lowest BCUT2D eigenvalue weighted by Crippen LogP contribution is -2.26. The van der Waals surface area contributed by atoms with Crippen LogP contribution in [-0.2, 0) is 34.3 Å². The summed E-state index contributed by atoms with van der Waals surface area (Å²) in [7, 11) is -3.86. The van der Waals surface area contributed by atoms with Crippen LogP contribution in [0.2, 0.25) is 0 Å². The molecule has 3 aromatic rings. The van der Waals surface area contributed by atoms with Crippen molar-refractivity contribution in [2.45, 2.75) is 24.4 Å². The van der Waals surface area contributed by atoms with Gasteiger partial charge >= 0.3 is 0 Å². The lowest BCUT2D eigenvalue weighted by atomic mass is 10.1. The number of benzene rings is 3. The summed E-state index contributed by atoms with van der Waals surface area (Å²) in [5.41, 5.74) is 1.16. The number of sulfonamides is 1. The topological polar surface area (TPSA) is 118 Å². The number of nitrogens with one attached hydrogen (secondary N) is 2. The van der Waals surface area contributed by atoms with Crippen LogP contribution < -0.4 is 10.0 Å². The number of hydrogen-bond acceptors (Lipinski definition) is 5. The lowest BCUT2D eigenvalue weighted by Gasteiger charge is -2.10. The van der Waals surface area contributed by atoms with Gasteiger partial charge in [-0.3, -0.25) is 14.9 Å². The number of para-hydroxylation sites is 1. The van der Waals surface area contributed by atoms with Crippen molar-refractivity contribution < 1.29 is 22.5 Å². The zero-order chi connectivity index (χ0) is 23.1. The van der Waals surface area contributed by atoms with E-state index in [2.05, 4.69) is 10.0 Å². The maximum atomic E-state index is 13.3. The van der Waals surface area contributed by atoms with Crippen LogP contribution >= 0.6 is 0 Å². The number of hydrogen-bond donors (Lipinski definition) is 2. The van der Waals surface area contributed by atoms with Crippen molar-refractivity contribution in [1.29, 1.82) is 0 Å². The monoisotopic (exact) mass is 457 g/mol. The molecule has 0 saturated heterocycles. The van der Waals surface area contributed by atoms with Crippen LogP contribution in [0.15, 0.2) is 77.7 Å². The molecule has 0 fully saturated rings. The summed E-state index contributed by atoms with van der Waals surface area (Å²) in [5, 5.41) is 13.7. The minimum Gasteiger partial charge on any atom is -0.352 e. The van der Waals surface area contributed by atoms with Crippen LogP contribution in [0.25, 0.3) is 0 Å². The van der Waals surface area contributed by atoms with E-state index in [0.717, 1.165) is 0 Å². The minimum atomic E-state index is -3.86. The van der Waals surface area contributed by atoms with E-state index in [0.29, 0.717) is 11.1 Å². The molecule has 0 atom stereocenters. The second-order valence-corrected chi connectivity index (χ2v) is 8.71. The van der Waals surface area contributed by atoms with Crippen LogP contribution in [0, 0.1) is 15.9 Å². The molecule has 166 valence electrons. The number of carbonyl (C=O) groups excluding carboxylic acids is 1. The third-order valence-electron chi connectivity index (χ3n) is 4.59. The van der Waals surface area contributed by atoms with Crippen LogP contribution in [0.5, 0.6) is 0 Å². The van der Waals surface area contributed by atoms with Gasteiger partial charge in [-0.15, -0.1) is 0 Å². The third-order valence-corrected chi connectivity index (χ3v) is 5.99. The minimum absolute atomic E-state index is 0.000603. The van der Waals surface area contributed by atoms with Gasteiger partial charge in [0.1, 0.15) is 5.82 Å². The number of nitro benzene ring substituents is 1. The Morgan fingerprint density at radius 2 is 1.62 bits per heavy atom. The highest BCUT2D eigenvalue weighted by molar-refractivity contribution is 7.89. The standard InChI is InChI=1S/C22H20FN3O5S/c23-19-8-3-5-16(11-19)15-25-32(30,31)20-9-4-6-17(12-20)14-24-22(27)13-18-7-1-2-10-21(18)26(28)29/h1-12,25H,13-15H2,(H,24,27). The molecule has 0 spiro atoms. The van der Waals surface area contributed by atoms with Crippen molar-refractivity contribution in [2.24, 2.45) is 0 Å². The Hall–Kier alpha value is -3.63. The van der Waals surface area contributed by atoms with E-state index < -0.39 is 26.7 Å². The van der Waals surface area contributed by atoms with E-state index in [1.807, 2.05) is 0 Å². The molecule has 3 rings (SSSR count). The summed E-state index contributed by atoms with van der Waals surface area (Å²) < 4.78 is 40.8. The largest absolute Gasteiger partial charge is 0.352 e. The first-order chi connectivity index (χ1) is 15.2. The summed E-state index contributed by atoms with van der Waals surface area (Å²) in [4.78, 5) is 22.8. The number of amides is 1. The molecule has 8 nitrogen and oxygen atoms in total. The molecular formula is C22H20FN3O5S. The van der Waals surface area contributed by atoms with Gasteiger partial charge in [-0.2, -0.15) is 0 Å². The van der Waals surface area contributed by atoms with Crippen molar-refractivity contribution in [3.63, 3.8) is 0 Å². The molecule has 2 N–H and O–H groups in total. The van der Waals surface area contributed by atoms with Gasteiger partial charge < -0.3 is 5.32 Å². The Morgan fingerprint density at radius 3 is 2.34 bits per heavy atom. The number of carbonyl (C=O) groups is 1. The first-order valence-corrected chi connectivity index (χ1v) is 11.0. The molecule has 3 aromatic carbocycles. The van der Waals surface area contributed by atoms with Crippen molar-refractivity contribution in [3.8, 4) is 0 Å². The van der Waals surface area contributed by atoms with Crippen molar-refractivity contribution in [3.05, 3.63) is 105 Å². The molecule has 0 aromatic heterocycles. The van der Waals surface area contributed by atoms with Gasteiger partial charge in [0.05, 0.1) is 16.2 Å². The van der Waals surface area contributed by atoms with Crippen LogP contribution in [0.4, 0.5) is 10.1 Å². The van der Waals surface area contributed by atoms with Crippen LogP contribution in [0.1, 0.15) is 16.7 Å².